The summed E-state index contributed by atoms with van der Waals surface area (Å²) in [6, 6.07) is 13.6. The summed E-state index contributed by atoms with van der Waals surface area (Å²) in [5, 5.41) is 2.63. The molecule has 0 aromatic heterocycles. The Labute approximate surface area is 154 Å². The van der Waals surface area contributed by atoms with E-state index in [1.54, 1.807) is 6.92 Å². The Morgan fingerprint density at radius 1 is 1.20 bits per heavy atom. The number of carbonyl (C=O) groups excluding carboxylic acids is 2. The smallest absolute Gasteiger partial charge is 0.311 e. The van der Waals surface area contributed by atoms with Crippen molar-refractivity contribution in [3.63, 3.8) is 0 Å². The number of halogens is 2. The highest BCUT2D eigenvalue weighted by Crippen LogP contribution is 2.16. The molecule has 25 heavy (non-hydrogen) atoms. The minimum atomic E-state index is -0.614. The fraction of sp³-hybridized carbons (Fsp3) is 0.263. The lowest BCUT2D eigenvalue weighted by molar-refractivity contribution is -0.147. The minimum Gasteiger partial charge on any atom is -0.466 e. The van der Waals surface area contributed by atoms with E-state index in [4.69, 9.17) is 4.74 Å². The molecule has 0 fully saturated rings. The summed E-state index contributed by atoms with van der Waals surface area (Å²) in [5.41, 5.74) is 0.889. The quantitative estimate of drug-likeness (QED) is 0.711. The number of amides is 1. The number of esters is 1. The normalized spacial score (nSPS) is 11.6. The zero-order valence-electron chi connectivity index (χ0n) is 13.8. The van der Waals surface area contributed by atoms with Crippen molar-refractivity contribution >= 4 is 27.8 Å². The second-order valence-corrected chi connectivity index (χ2v) is 6.39. The number of hydrogen-bond acceptors (Lipinski definition) is 3. The second kappa shape index (κ2) is 9.32. The molecule has 4 nitrogen and oxygen atoms in total. The van der Waals surface area contributed by atoms with E-state index in [2.05, 4.69) is 21.2 Å². The standard InChI is InChI=1S/C19H19BrFNO3/c1-2-25-19(24)14(10-13-6-4-3-5-7-13)12-22-18(23)16-11-15(20)8-9-17(16)21/h3-9,11,14H,2,10,12H2,1H3,(H,22,23). The van der Waals surface area contributed by atoms with Crippen LogP contribution < -0.4 is 5.32 Å². The lowest BCUT2D eigenvalue weighted by Gasteiger charge is -2.16. The molecular weight excluding hydrogens is 389 g/mol. The van der Waals surface area contributed by atoms with Crippen LogP contribution in [0.5, 0.6) is 0 Å². The first-order valence-electron chi connectivity index (χ1n) is 7.95. The third-order valence-electron chi connectivity index (χ3n) is 3.63. The third-order valence-corrected chi connectivity index (χ3v) is 4.12. The van der Waals surface area contributed by atoms with E-state index in [1.165, 1.54) is 18.2 Å². The summed E-state index contributed by atoms with van der Waals surface area (Å²) in [7, 11) is 0. The second-order valence-electron chi connectivity index (χ2n) is 5.47. The van der Waals surface area contributed by atoms with Gasteiger partial charge in [-0.2, -0.15) is 0 Å². The van der Waals surface area contributed by atoms with Crippen LogP contribution in [0.1, 0.15) is 22.8 Å². The Balaban J connectivity index is 2.07. The number of ether oxygens (including phenoxy) is 1. The number of hydrogen-bond donors (Lipinski definition) is 1. The summed E-state index contributed by atoms with van der Waals surface area (Å²) in [6.45, 7) is 2.06. The van der Waals surface area contributed by atoms with Crippen LogP contribution >= 0.6 is 15.9 Å². The molecule has 0 saturated heterocycles. The maximum atomic E-state index is 13.8. The van der Waals surface area contributed by atoms with Crippen molar-refractivity contribution in [2.45, 2.75) is 13.3 Å². The lowest BCUT2D eigenvalue weighted by atomic mass is 9.99. The summed E-state index contributed by atoms with van der Waals surface area (Å²) >= 11 is 3.21. The average molecular weight is 408 g/mol. The van der Waals surface area contributed by atoms with Crippen LogP contribution in [-0.2, 0) is 16.0 Å². The van der Waals surface area contributed by atoms with E-state index in [9.17, 15) is 14.0 Å². The van der Waals surface area contributed by atoms with Gasteiger partial charge in [-0.3, -0.25) is 9.59 Å². The van der Waals surface area contributed by atoms with Gasteiger partial charge in [0.2, 0.25) is 0 Å². The number of benzene rings is 2. The molecule has 6 heteroatoms. The molecule has 1 unspecified atom stereocenters. The Morgan fingerprint density at radius 2 is 1.92 bits per heavy atom. The van der Waals surface area contributed by atoms with Gasteiger partial charge in [0.05, 0.1) is 18.1 Å². The molecule has 132 valence electrons. The highest BCUT2D eigenvalue weighted by Gasteiger charge is 2.22. The van der Waals surface area contributed by atoms with Crippen molar-refractivity contribution in [3.05, 3.63) is 69.9 Å². The van der Waals surface area contributed by atoms with Crippen LogP contribution in [0.3, 0.4) is 0 Å². The van der Waals surface area contributed by atoms with Crippen molar-refractivity contribution < 1.29 is 18.7 Å². The van der Waals surface area contributed by atoms with Crippen molar-refractivity contribution in [2.75, 3.05) is 13.2 Å². The fourth-order valence-electron chi connectivity index (χ4n) is 2.38. The molecule has 1 N–H and O–H groups in total. The topological polar surface area (TPSA) is 55.4 Å². The van der Waals surface area contributed by atoms with Gasteiger partial charge in [-0.25, -0.2) is 4.39 Å². The zero-order valence-corrected chi connectivity index (χ0v) is 15.4. The van der Waals surface area contributed by atoms with Crippen LogP contribution in [0.2, 0.25) is 0 Å². The van der Waals surface area contributed by atoms with E-state index >= 15 is 0 Å². The molecule has 0 spiro atoms. The molecule has 0 heterocycles. The Kier molecular flexibility index (Phi) is 7.13. The molecule has 0 aliphatic carbocycles. The van der Waals surface area contributed by atoms with Crippen molar-refractivity contribution in [1.29, 1.82) is 0 Å². The predicted octanol–water partition coefficient (Wildman–Crippen LogP) is 3.74. The molecule has 0 bridgehead atoms. The van der Waals surface area contributed by atoms with E-state index in [0.717, 1.165) is 5.56 Å². The van der Waals surface area contributed by atoms with Gasteiger partial charge in [0.25, 0.3) is 5.91 Å². The van der Waals surface area contributed by atoms with E-state index in [1.807, 2.05) is 30.3 Å². The van der Waals surface area contributed by atoms with Gasteiger partial charge in [0, 0.05) is 11.0 Å². The Morgan fingerprint density at radius 3 is 2.60 bits per heavy atom. The SMILES string of the molecule is CCOC(=O)C(CNC(=O)c1cc(Br)ccc1F)Cc1ccccc1. The summed E-state index contributed by atoms with van der Waals surface area (Å²) < 4.78 is 19.5. The first-order valence-corrected chi connectivity index (χ1v) is 8.74. The maximum absolute atomic E-state index is 13.8. The van der Waals surface area contributed by atoms with E-state index in [0.29, 0.717) is 10.9 Å². The molecule has 2 rings (SSSR count). The van der Waals surface area contributed by atoms with Gasteiger partial charge in [-0.15, -0.1) is 0 Å². The largest absolute Gasteiger partial charge is 0.466 e. The fourth-order valence-corrected chi connectivity index (χ4v) is 2.74. The van der Waals surface area contributed by atoms with Crippen LogP contribution in [-0.4, -0.2) is 25.0 Å². The van der Waals surface area contributed by atoms with Crippen LogP contribution in [0, 0.1) is 11.7 Å². The first-order chi connectivity index (χ1) is 12.0. The monoisotopic (exact) mass is 407 g/mol. The summed E-state index contributed by atoms with van der Waals surface area (Å²) in [6.07, 6.45) is 0.431. The van der Waals surface area contributed by atoms with E-state index < -0.39 is 17.6 Å². The number of rotatable bonds is 7. The molecule has 2 aromatic carbocycles. The molecule has 0 radical (unpaired) electrons. The molecule has 1 amide bonds. The Hall–Kier alpha value is -2.21. The zero-order chi connectivity index (χ0) is 18.2. The third kappa shape index (κ3) is 5.67. The van der Waals surface area contributed by atoms with Gasteiger partial charge >= 0.3 is 5.97 Å². The molecule has 2 aromatic rings. The molecule has 0 aliphatic heterocycles. The number of carbonyl (C=O) groups is 2. The number of nitrogens with one attached hydrogen (secondary N) is 1. The van der Waals surface area contributed by atoms with Crippen molar-refractivity contribution in [3.8, 4) is 0 Å². The first kappa shape index (κ1) is 19.1. The minimum absolute atomic E-state index is 0.0680. The Bertz CT molecular complexity index is 737. The highest BCUT2D eigenvalue weighted by molar-refractivity contribution is 9.10. The van der Waals surface area contributed by atoms with E-state index in [-0.39, 0.29) is 24.7 Å². The van der Waals surface area contributed by atoms with Gasteiger partial charge in [-0.05, 0) is 37.1 Å². The summed E-state index contributed by atoms with van der Waals surface area (Å²) in [4.78, 5) is 24.4. The lowest BCUT2D eigenvalue weighted by Crippen LogP contribution is -2.35. The van der Waals surface area contributed by atoms with Gasteiger partial charge in [0.15, 0.2) is 0 Å². The predicted molar refractivity (Wildman–Crippen MR) is 96.7 cm³/mol. The molecular formula is C19H19BrFNO3. The molecule has 1 atom stereocenters. The van der Waals surface area contributed by atoms with Gasteiger partial charge < -0.3 is 10.1 Å². The van der Waals surface area contributed by atoms with Crippen LogP contribution in [0.25, 0.3) is 0 Å². The maximum Gasteiger partial charge on any atom is 0.311 e. The van der Waals surface area contributed by atoms with Crippen molar-refractivity contribution in [2.24, 2.45) is 5.92 Å². The highest BCUT2D eigenvalue weighted by atomic mass is 79.9. The summed E-state index contributed by atoms with van der Waals surface area (Å²) in [5.74, 6) is -2.11. The van der Waals surface area contributed by atoms with Crippen molar-refractivity contribution in [1.82, 2.24) is 5.32 Å². The molecule has 0 saturated carbocycles. The molecule has 0 aliphatic rings. The van der Waals surface area contributed by atoms with Crippen LogP contribution in [0.15, 0.2) is 53.0 Å². The average Bonchev–Trinajstić information content (AvgIpc) is 2.61. The van der Waals surface area contributed by atoms with Gasteiger partial charge in [0.1, 0.15) is 5.82 Å². The van der Waals surface area contributed by atoms with Gasteiger partial charge in [-0.1, -0.05) is 46.3 Å². The van der Waals surface area contributed by atoms with Crippen LogP contribution in [0.4, 0.5) is 4.39 Å².